The molecule has 0 heterocycles. The van der Waals surface area contributed by atoms with Crippen LogP contribution in [0.2, 0.25) is 0 Å². The summed E-state index contributed by atoms with van der Waals surface area (Å²) in [5, 5.41) is 8.55. The maximum absolute atomic E-state index is 10.4. The Morgan fingerprint density at radius 2 is 1.83 bits per heavy atom. The molecule has 1 N–H and O–H groups in total. The lowest BCUT2D eigenvalue weighted by Crippen LogP contribution is -2.28. The Hall–Kier alpha value is -1.77. The molecule has 0 aromatic heterocycles. The molecule has 0 fully saturated rings. The number of carboxylic acids is 1. The van der Waals surface area contributed by atoms with Crippen LogP contribution in [0, 0.1) is 5.41 Å². The van der Waals surface area contributed by atoms with E-state index in [1.807, 2.05) is 24.3 Å². The number of carbonyl (C=O) groups is 1. The maximum Gasteiger partial charge on any atom is 0.328 e. The standard InChI is InChI=1S/C15H21NO2/c1-15(2,3)11-16(4)13-8-5-12(6-9-13)7-10-14(17)18/h5-10H,11H2,1-4H3,(H,17,18). The number of hydrogen-bond donors (Lipinski definition) is 1. The van der Waals surface area contributed by atoms with Crippen molar-refractivity contribution in [2.45, 2.75) is 20.8 Å². The zero-order valence-corrected chi connectivity index (χ0v) is 11.5. The average Bonchev–Trinajstić information content (AvgIpc) is 2.24. The van der Waals surface area contributed by atoms with Crippen LogP contribution in [0.4, 0.5) is 5.69 Å². The molecule has 0 spiro atoms. The highest BCUT2D eigenvalue weighted by Gasteiger charge is 2.13. The highest BCUT2D eigenvalue weighted by molar-refractivity contribution is 5.85. The van der Waals surface area contributed by atoms with Gasteiger partial charge in [0.1, 0.15) is 0 Å². The fourth-order valence-corrected chi connectivity index (χ4v) is 1.81. The number of anilines is 1. The summed E-state index contributed by atoms with van der Waals surface area (Å²) in [5.74, 6) is -0.927. The van der Waals surface area contributed by atoms with Gasteiger partial charge in [0.25, 0.3) is 0 Å². The smallest absolute Gasteiger partial charge is 0.328 e. The first-order valence-corrected chi connectivity index (χ1v) is 6.00. The Balaban J connectivity index is 2.73. The third kappa shape index (κ3) is 5.04. The van der Waals surface area contributed by atoms with Crippen molar-refractivity contribution in [2.75, 3.05) is 18.5 Å². The fraction of sp³-hybridized carbons (Fsp3) is 0.400. The summed E-state index contributed by atoms with van der Waals surface area (Å²) >= 11 is 0. The maximum atomic E-state index is 10.4. The van der Waals surface area contributed by atoms with Gasteiger partial charge in [-0.2, -0.15) is 0 Å². The number of carboxylic acid groups (broad SMARTS) is 1. The van der Waals surface area contributed by atoms with Crippen LogP contribution in [-0.4, -0.2) is 24.7 Å². The van der Waals surface area contributed by atoms with Gasteiger partial charge in [-0.1, -0.05) is 32.9 Å². The molecule has 3 heteroatoms. The second-order valence-electron chi connectivity index (χ2n) is 5.68. The van der Waals surface area contributed by atoms with Crippen LogP contribution in [0.25, 0.3) is 6.08 Å². The van der Waals surface area contributed by atoms with Crippen molar-refractivity contribution < 1.29 is 9.90 Å². The molecule has 0 bridgehead atoms. The third-order valence-electron chi connectivity index (χ3n) is 2.46. The van der Waals surface area contributed by atoms with Crippen molar-refractivity contribution in [3.63, 3.8) is 0 Å². The quantitative estimate of drug-likeness (QED) is 0.830. The van der Waals surface area contributed by atoms with Gasteiger partial charge in [-0.05, 0) is 29.2 Å². The summed E-state index contributed by atoms with van der Waals surface area (Å²) in [6.45, 7) is 7.58. The fourth-order valence-electron chi connectivity index (χ4n) is 1.81. The van der Waals surface area contributed by atoms with Gasteiger partial charge in [-0.15, -0.1) is 0 Å². The highest BCUT2D eigenvalue weighted by atomic mass is 16.4. The molecule has 3 nitrogen and oxygen atoms in total. The van der Waals surface area contributed by atoms with Gasteiger partial charge in [0, 0.05) is 25.4 Å². The van der Waals surface area contributed by atoms with E-state index in [0.29, 0.717) is 0 Å². The molecule has 0 aliphatic carbocycles. The summed E-state index contributed by atoms with van der Waals surface area (Å²) in [6, 6.07) is 7.86. The molecule has 0 atom stereocenters. The average molecular weight is 247 g/mol. The van der Waals surface area contributed by atoms with Crippen molar-refractivity contribution in [1.29, 1.82) is 0 Å². The second-order valence-corrected chi connectivity index (χ2v) is 5.68. The lowest BCUT2D eigenvalue weighted by atomic mass is 9.96. The predicted octanol–water partition coefficient (Wildman–Crippen LogP) is 3.27. The molecule has 1 aromatic carbocycles. The van der Waals surface area contributed by atoms with Gasteiger partial charge in [0.05, 0.1) is 0 Å². The van der Waals surface area contributed by atoms with E-state index in [0.717, 1.165) is 23.9 Å². The Morgan fingerprint density at radius 1 is 1.28 bits per heavy atom. The minimum Gasteiger partial charge on any atom is -0.478 e. The number of aliphatic carboxylic acids is 1. The molecular formula is C15H21NO2. The molecule has 0 aliphatic heterocycles. The van der Waals surface area contributed by atoms with Crippen LogP contribution < -0.4 is 4.90 Å². The molecule has 1 aromatic rings. The summed E-state index contributed by atoms with van der Waals surface area (Å²) in [5.41, 5.74) is 2.28. The van der Waals surface area contributed by atoms with Gasteiger partial charge in [-0.25, -0.2) is 4.79 Å². The van der Waals surface area contributed by atoms with Gasteiger partial charge < -0.3 is 10.0 Å². The molecule has 0 unspecified atom stereocenters. The minimum absolute atomic E-state index is 0.247. The largest absolute Gasteiger partial charge is 0.478 e. The van der Waals surface area contributed by atoms with Crippen LogP contribution in [-0.2, 0) is 4.79 Å². The monoisotopic (exact) mass is 247 g/mol. The van der Waals surface area contributed by atoms with Gasteiger partial charge in [0.2, 0.25) is 0 Å². The summed E-state index contributed by atoms with van der Waals surface area (Å²) < 4.78 is 0. The summed E-state index contributed by atoms with van der Waals surface area (Å²) in [7, 11) is 2.06. The Kier molecular flexibility index (Phi) is 4.54. The SMILES string of the molecule is CN(CC(C)(C)C)c1ccc(C=CC(=O)O)cc1. The van der Waals surface area contributed by atoms with E-state index in [9.17, 15) is 4.79 Å². The minimum atomic E-state index is -0.927. The van der Waals surface area contributed by atoms with E-state index in [1.165, 1.54) is 0 Å². The second kappa shape index (κ2) is 5.71. The number of rotatable bonds is 4. The van der Waals surface area contributed by atoms with E-state index >= 15 is 0 Å². The Morgan fingerprint density at radius 3 is 2.28 bits per heavy atom. The number of nitrogens with zero attached hydrogens (tertiary/aromatic N) is 1. The zero-order valence-electron chi connectivity index (χ0n) is 11.5. The topological polar surface area (TPSA) is 40.5 Å². The van der Waals surface area contributed by atoms with Crippen molar-refractivity contribution in [3.8, 4) is 0 Å². The van der Waals surface area contributed by atoms with E-state index < -0.39 is 5.97 Å². The van der Waals surface area contributed by atoms with Crippen molar-refractivity contribution in [3.05, 3.63) is 35.9 Å². The normalized spacial score (nSPS) is 11.8. The number of benzene rings is 1. The third-order valence-corrected chi connectivity index (χ3v) is 2.46. The van der Waals surface area contributed by atoms with Crippen LogP contribution in [0.1, 0.15) is 26.3 Å². The highest BCUT2D eigenvalue weighted by Crippen LogP contribution is 2.20. The van der Waals surface area contributed by atoms with Crippen molar-refractivity contribution in [1.82, 2.24) is 0 Å². The molecule has 0 radical (unpaired) electrons. The van der Waals surface area contributed by atoms with Gasteiger partial charge >= 0.3 is 5.97 Å². The lowest BCUT2D eigenvalue weighted by molar-refractivity contribution is -0.131. The first-order chi connectivity index (χ1) is 8.28. The molecule has 18 heavy (non-hydrogen) atoms. The summed E-state index contributed by atoms with van der Waals surface area (Å²) in [6.07, 6.45) is 2.74. The van der Waals surface area contributed by atoms with Crippen LogP contribution in [0.5, 0.6) is 0 Å². The first kappa shape index (κ1) is 14.3. The molecule has 98 valence electrons. The van der Waals surface area contributed by atoms with E-state index in [2.05, 4.69) is 32.7 Å². The van der Waals surface area contributed by atoms with Crippen LogP contribution in [0.15, 0.2) is 30.3 Å². The molecular weight excluding hydrogens is 226 g/mol. The molecule has 0 saturated carbocycles. The van der Waals surface area contributed by atoms with Crippen molar-refractivity contribution >= 4 is 17.7 Å². The van der Waals surface area contributed by atoms with E-state index in [1.54, 1.807) is 6.08 Å². The van der Waals surface area contributed by atoms with Crippen LogP contribution >= 0.6 is 0 Å². The Bertz CT molecular complexity index is 427. The Labute approximate surface area is 109 Å². The predicted molar refractivity (Wildman–Crippen MR) is 75.8 cm³/mol. The van der Waals surface area contributed by atoms with Crippen LogP contribution in [0.3, 0.4) is 0 Å². The molecule has 0 aliphatic rings. The molecule has 0 saturated heterocycles. The van der Waals surface area contributed by atoms with Gasteiger partial charge in [-0.3, -0.25) is 0 Å². The molecule has 1 rings (SSSR count). The number of hydrogen-bond acceptors (Lipinski definition) is 2. The summed E-state index contributed by atoms with van der Waals surface area (Å²) in [4.78, 5) is 12.6. The van der Waals surface area contributed by atoms with Gasteiger partial charge in [0.15, 0.2) is 0 Å². The van der Waals surface area contributed by atoms with Crippen molar-refractivity contribution in [2.24, 2.45) is 5.41 Å². The zero-order chi connectivity index (χ0) is 13.8. The molecule has 0 amide bonds. The van der Waals surface area contributed by atoms with E-state index in [4.69, 9.17) is 5.11 Å². The van der Waals surface area contributed by atoms with E-state index in [-0.39, 0.29) is 5.41 Å². The lowest BCUT2D eigenvalue weighted by Gasteiger charge is -2.28. The first-order valence-electron chi connectivity index (χ1n) is 6.00.